The Balaban J connectivity index is 1.30. The van der Waals surface area contributed by atoms with Crippen LogP contribution in [0.3, 0.4) is 0 Å². The zero-order chi connectivity index (χ0) is 20.8. The summed E-state index contributed by atoms with van der Waals surface area (Å²) in [6, 6.07) is 25.0. The zero-order valence-electron chi connectivity index (χ0n) is 16.0. The number of carbonyl (C=O) groups excluding carboxylic acids is 1. The minimum Gasteiger partial charge on any atom is -0.489 e. The monoisotopic (exact) mass is 434 g/mol. The normalized spacial score (nSPS) is 10.6. The zero-order valence-corrected chi connectivity index (χ0v) is 17.6. The van der Waals surface area contributed by atoms with Crippen molar-refractivity contribution in [1.82, 2.24) is 4.98 Å². The van der Waals surface area contributed by atoms with E-state index in [0.717, 1.165) is 28.1 Å². The van der Waals surface area contributed by atoms with E-state index >= 15 is 0 Å². The van der Waals surface area contributed by atoms with Crippen molar-refractivity contribution in [3.8, 4) is 17.0 Å². The molecule has 0 aliphatic heterocycles. The second kappa shape index (κ2) is 9.57. The van der Waals surface area contributed by atoms with Gasteiger partial charge in [0, 0.05) is 16.0 Å². The number of hydrogen-bond acceptors (Lipinski definition) is 4. The average molecular weight is 435 g/mol. The molecule has 3 aromatic carbocycles. The van der Waals surface area contributed by atoms with Crippen molar-refractivity contribution in [2.45, 2.75) is 13.0 Å². The molecule has 0 radical (unpaired) electrons. The van der Waals surface area contributed by atoms with E-state index in [2.05, 4.69) is 10.3 Å². The van der Waals surface area contributed by atoms with Gasteiger partial charge in [0.05, 0.1) is 12.1 Å². The van der Waals surface area contributed by atoms with Gasteiger partial charge < -0.3 is 10.1 Å². The summed E-state index contributed by atoms with van der Waals surface area (Å²) in [6.07, 6.45) is 0.273. The van der Waals surface area contributed by atoms with E-state index in [-0.39, 0.29) is 12.3 Å². The van der Waals surface area contributed by atoms with Gasteiger partial charge in [-0.3, -0.25) is 4.79 Å². The molecule has 0 fully saturated rings. The van der Waals surface area contributed by atoms with Crippen molar-refractivity contribution in [1.29, 1.82) is 0 Å². The molecule has 4 aromatic rings. The van der Waals surface area contributed by atoms with Gasteiger partial charge >= 0.3 is 0 Å². The van der Waals surface area contributed by atoms with E-state index in [4.69, 9.17) is 16.3 Å². The fraction of sp³-hybridized carbons (Fsp3) is 0.0833. The van der Waals surface area contributed by atoms with Crippen molar-refractivity contribution in [3.05, 3.63) is 100 Å². The summed E-state index contributed by atoms with van der Waals surface area (Å²) in [4.78, 5) is 16.9. The van der Waals surface area contributed by atoms with E-state index in [9.17, 15) is 4.79 Å². The lowest BCUT2D eigenvalue weighted by molar-refractivity contribution is -0.115. The number of ether oxygens (including phenoxy) is 1. The fourth-order valence-corrected chi connectivity index (χ4v) is 3.74. The number of aromatic nitrogens is 1. The number of benzene rings is 3. The van der Waals surface area contributed by atoms with E-state index in [0.29, 0.717) is 16.8 Å². The van der Waals surface area contributed by atoms with Crippen LogP contribution in [-0.4, -0.2) is 10.9 Å². The van der Waals surface area contributed by atoms with Gasteiger partial charge in [0.1, 0.15) is 12.4 Å². The van der Waals surface area contributed by atoms with Gasteiger partial charge in [-0.2, -0.15) is 0 Å². The molecule has 0 aliphatic rings. The van der Waals surface area contributed by atoms with Crippen molar-refractivity contribution >= 4 is 34.0 Å². The van der Waals surface area contributed by atoms with Crippen LogP contribution in [0.25, 0.3) is 11.3 Å². The number of halogens is 1. The van der Waals surface area contributed by atoms with Gasteiger partial charge in [-0.05, 0) is 35.4 Å². The Hall–Kier alpha value is -3.15. The van der Waals surface area contributed by atoms with Crippen LogP contribution < -0.4 is 10.1 Å². The van der Waals surface area contributed by atoms with Crippen molar-refractivity contribution in [2.24, 2.45) is 0 Å². The average Bonchev–Trinajstić information content (AvgIpc) is 3.23. The van der Waals surface area contributed by atoms with E-state index in [1.807, 2.05) is 84.2 Å². The first kappa shape index (κ1) is 20.1. The summed E-state index contributed by atoms with van der Waals surface area (Å²) in [5.74, 6) is 0.667. The highest BCUT2D eigenvalue weighted by molar-refractivity contribution is 7.14. The number of nitrogens with one attached hydrogen (secondary N) is 1. The SMILES string of the molecule is O=C(Cc1ccc(OCc2ccccc2)cc1)Nc1nc(-c2ccc(Cl)cc2)cs1. The standard InChI is InChI=1S/C24H19ClN2O2S/c25-20-10-8-19(9-11-20)22-16-30-24(26-22)27-23(28)14-17-6-12-21(13-7-17)29-15-18-4-2-1-3-5-18/h1-13,16H,14-15H2,(H,26,27,28). The first-order chi connectivity index (χ1) is 14.7. The molecule has 0 atom stereocenters. The van der Waals surface area contributed by atoms with Crippen LogP contribution in [0.15, 0.2) is 84.2 Å². The van der Waals surface area contributed by atoms with Crippen molar-refractivity contribution in [3.63, 3.8) is 0 Å². The molecule has 0 aliphatic carbocycles. The minimum absolute atomic E-state index is 0.107. The molecule has 1 N–H and O–H groups in total. The van der Waals surface area contributed by atoms with Crippen LogP contribution in [0.5, 0.6) is 5.75 Å². The molecule has 4 rings (SSSR count). The van der Waals surface area contributed by atoms with Crippen LogP contribution in [0.4, 0.5) is 5.13 Å². The van der Waals surface area contributed by atoms with Crippen LogP contribution in [0, 0.1) is 0 Å². The van der Waals surface area contributed by atoms with Crippen LogP contribution >= 0.6 is 22.9 Å². The molecule has 1 heterocycles. The number of anilines is 1. The Labute approximate surface area is 184 Å². The number of carbonyl (C=O) groups is 1. The van der Waals surface area contributed by atoms with Gasteiger partial charge in [0.25, 0.3) is 0 Å². The minimum atomic E-state index is -0.107. The quantitative estimate of drug-likeness (QED) is 0.375. The first-order valence-electron chi connectivity index (χ1n) is 9.43. The molecule has 1 aromatic heterocycles. The third-order valence-electron chi connectivity index (χ3n) is 4.43. The molecule has 4 nitrogen and oxygen atoms in total. The third-order valence-corrected chi connectivity index (χ3v) is 5.44. The van der Waals surface area contributed by atoms with Crippen molar-refractivity contribution in [2.75, 3.05) is 5.32 Å². The molecule has 150 valence electrons. The van der Waals surface area contributed by atoms with Crippen LogP contribution in [0.2, 0.25) is 5.02 Å². The third kappa shape index (κ3) is 5.47. The van der Waals surface area contributed by atoms with Crippen LogP contribution in [-0.2, 0) is 17.8 Å². The molecular weight excluding hydrogens is 416 g/mol. The van der Waals surface area contributed by atoms with Gasteiger partial charge in [0.2, 0.25) is 5.91 Å². The van der Waals surface area contributed by atoms with E-state index in [1.54, 1.807) is 0 Å². The van der Waals surface area contributed by atoms with Gasteiger partial charge in [-0.1, -0.05) is 66.2 Å². The molecule has 30 heavy (non-hydrogen) atoms. The molecule has 0 saturated carbocycles. The Kier molecular flexibility index (Phi) is 6.42. The summed E-state index contributed by atoms with van der Waals surface area (Å²) in [5, 5.41) is 6.04. The lowest BCUT2D eigenvalue weighted by Gasteiger charge is -2.07. The molecule has 6 heteroatoms. The Morgan fingerprint density at radius 1 is 0.933 bits per heavy atom. The maximum absolute atomic E-state index is 12.4. The summed E-state index contributed by atoms with van der Waals surface area (Å²) in [7, 11) is 0. The Morgan fingerprint density at radius 2 is 1.67 bits per heavy atom. The molecule has 0 spiro atoms. The van der Waals surface area contributed by atoms with E-state index in [1.165, 1.54) is 11.3 Å². The van der Waals surface area contributed by atoms with Gasteiger partial charge in [0.15, 0.2) is 5.13 Å². The first-order valence-corrected chi connectivity index (χ1v) is 10.7. The highest BCUT2D eigenvalue weighted by atomic mass is 35.5. The van der Waals surface area contributed by atoms with Gasteiger partial charge in [-0.15, -0.1) is 11.3 Å². The smallest absolute Gasteiger partial charge is 0.230 e. The largest absolute Gasteiger partial charge is 0.489 e. The van der Waals surface area contributed by atoms with Crippen LogP contribution in [0.1, 0.15) is 11.1 Å². The lowest BCUT2D eigenvalue weighted by Crippen LogP contribution is -2.14. The number of thiazole rings is 1. The highest BCUT2D eigenvalue weighted by Crippen LogP contribution is 2.26. The van der Waals surface area contributed by atoms with Crippen molar-refractivity contribution < 1.29 is 9.53 Å². The number of amides is 1. The molecule has 1 amide bonds. The fourth-order valence-electron chi connectivity index (χ4n) is 2.88. The maximum atomic E-state index is 12.4. The summed E-state index contributed by atoms with van der Waals surface area (Å²) < 4.78 is 5.78. The number of rotatable bonds is 7. The number of nitrogens with zero attached hydrogens (tertiary/aromatic N) is 1. The van der Waals surface area contributed by atoms with E-state index < -0.39 is 0 Å². The Morgan fingerprint density at radius 3 is 2.40 bits per heavy atom. The summed E-state index contributed by atoms with van der Waals surface area (Å²) in [5.41, 5.74) is 3.80. The predicted molar refractivity (Wildman–Crippen MR) is 122 cm³/mol. The topological polar surface area (TPSA) is 51.2 Å². The Bertz CT molecular complexity index is 1110. The molecule has 0 bridgehead atoms. The maximum Gasteiger partial charge on any atom is 0.230 e. The second-order valence-electron chi connectivity index (χ2n) is 6.69. The molecule has 0 saturated heterocycles. The highest BCUT2D eigenvalue weighted by Gasteiger charge is 2.09. The van der Waals surface area contributed by atoms with Gasteiger partial charge in [-0.25, -0.2) is 4.98 Å². The molecular formula is C24H19ClN2O2S. The summed E-state index contributed by atoms with van der Waals surface area (Å²) in [6.45, 7) is 0.515. The number of hydrogen-bond donors (Lipinski definition) is 1. The summed E-state index contributed by atoms with van der Waals surface area (Å²) >= 11 is 7.32. The second-order valence-corrected chi connectivity index (χ2v) is 7.98. The lowest BCUT2D eigenvalue weighted by atomic mass is 10.1. The predicted octanol–water partition coefficient (Wildman–Crippen LogP) is 6.22. The molecule has 0 unspecified atom stereocenters.